The van der Waals surface area contributed by atoms with Crippen LogP contribution in [-0.2, 0) is 0 Å². The van der Waals surface area contributed by atoms with Crippen LogP contribution in [0.1, 0.15) is 28.8 Å². The molecule has 1 aliphatic carbocycles. The summed E-state index contributed by atoms with van der Waals surface area (Å²) in [5, 5.41) is 11.5. The van der Waals surface area contributed by atoms with Crippen molar-refractivity contribution in [1.82, 2.24) is 5.32 Å². The number of rotatable bonds is 3. The number of carbonyl (C=O) groups excluding carboxylic acids is 1. The van der Waals surface area contributed by atoms with E-state index in [2.05, 4.69) is 5.32 Å². The molecule has 0 saturated heterocycles. The van der Waals surface area contributed by atoms with Crippen LogP contribution in [0.2, 0.25) is 0 Å². The van der Waals surface area contributed by atoms with Crippen molar-refractivity contribution in [2.24, 2.45) is 5.92 Å². The van der Waals surface area contributed by atoms with Gasteiger partial charge in [-0.05, 0) is 37.8 Å². The van der Waals surface area contributed by atoms with E-state index in [1.54, 1.807) is 13.0 Å². The van der Waals surface area contributed by atoms with Gasteiger partial charge in [0.25, 0.3) is 5.91 Å². The Morgan fingerprint density at radius 1 is 1.59 bits per heavy atom. The molecule has 0 bridgehead atoms. The zero-order valence-corrected chi connectivity index (χ0v) is 9.53. The lowest BCUT2D eigenvalue weighted by molar-refractivity contribution is 0.0937. The average Bonchev–Trinajstić information content (AvgIpc) is 3.13. The number of benzene rings is 1. The number of aryl methyl sites for hydroxylation is 1. The largest absolute Gasteiger partial charge is 0.336 e. The van der Waals surface area contributed by atoms with E-state index in [9.17, 15) is 9.18 Å². The summed E-state index contributed by atoms with van der Waals surface area (Å²) in [5.41, 5.74) is 0.822. The first-order valence-electron chi connectivity index (χ1n) is 5.58. The maximum atomic E-state index is 13.4. The Morgan fingerprint density at radius 2 is 2.29 bits per heavy atom. The summed E-state index contributed by atoms with van der Waals surface area (Å²) in [4.78, 5) is 11.8. The van der Waals surface area contributed by atoms with Gasteiger partial charge in [-0.25, -0.2) is 4.39 Å². The van der Waals surface area contributed by atoms with Gasteiger partial charge < -0.3 is 5.32 Å². The summed E-state index contributed by atoms with van der Waals surface area (Å²) in [6, 6.07) is 5.91. The monoisotopic (exact) mass is 232 g/mol. The van der Waals surface area contributed by atoms with E-state index < -0.39 is 17.8 Å². The molecular weight excluding hydrogens is 219 g/mol. The maximum Gasteiger partial charge on any atom is 0.255 e. The third-order valence-electron chi connectivity index (χ3n) is 2.89. The normalized spacial score (nSPS) is 16.1. The highest BCUT2D eigenvalue weighted by atomic mass is 19.1. The lowest BCUT2D eigenvalue weighted by Gasteiger charge is -2.11. The van der Waals surface area contributed by atoms with Crippen molar-refractivity contribution in [3.8, 4) is 6.07 Å². The Labute approximate surface area is 99.2 Å². The minimum absolute atomic E-state index is 0.00546. The first-order valence-corrected chi connectivity index (χ1v) is 5.58. The maximum absolute atomic E-state index is 13.4. The van der Waals surface area contributed by atoms with E-state index in [0.717, 1.165) is 18.4 Å². The highest BCUT2D eigenvalue weighted by Gasteiger charge is 2.32. The van der Waals surface area contributed by atoms with Crippen molar-refractivity contribution in [1.29, 1.82) is 5.26 Å². The highest BCUT2D eigenvalue weighted by Crippen LogP contribution is 2.32. The second kappa shape index (κ2) is 4.54. The minimum Gasteiger partial charge on any atom is -0.336 e. The molecule has 1 saturated carbocycles. The van der Waals surface area contributed by atoms with Crippen LogP contribution in [0.4, 0.5) is 4.39 Å². The third kappa shape index (κ3) is 2.62. The topological polar surface area (TPSA) is 52.9 Å². The number of carbonyl (C=O) groups is 1. The third-order valence-corrected chi connectivity index (χ3v) is 2.89. The van der Waals surface area contributed by atoms with E-state index in [1.165, 1.54) is 12.1 Å². The molecule has 0 aromatic heterocycles. The van der Waals surface area contributed by atoms with Gasteiger partial charge in [0.1, 0.15) is 11.9 Å². The Hall–Kier alpha value is -1.89. The molecule has 0 heterocycles. The van der Waals surface area contributed by atoms with Gasteiger partial charge in [-0.1, -0.05) is 11.6 Å². The van der Waals surface area contributed by atoms with Crippen LogP contribution >= 0.6 is 0 Å². The molecule has 1 amide bonds. The Bertz CT molecular complexity index is 489. The number of hydrogen-bond acceptors (Lipinski definition) is 2. The standard InChI is InChI=1S/C13H13FN2O/c1-8-2-5-11(14)10(6-8)13(17)16-12(7-15)9-3-4-9/h2,5-6,9,12H,3-4H2,1H3,(H,16,17). The molecule has 4 heteroatoms. The Kier molecular flexibility index (Phi) is 3.10. The summed E-state index contributed by atoms with van der Waals surface area (Å²) in [5.74, 6) is -0.831. The van der Waals surface area contributed by atoms with Gasteiger partial charge in [0.05, 0.1) is 11.6 Å². The Balaban J connectivity index is 2.13. The van der Waals surface area contributed by atoms with Crippen molar-refractivity contribution in [2.45, 2.75) is 25.8 Å². The summed E-state index contributed by atoms with van der Waals surface area (Å²) in [7, 11) is 0. The minimum atomic E-state index is -0.555. The predicted molar refractivity (Wildman–Crippen MR) is 60.7 cm³/mol. The molecule has 0 spiro atoms. The van der Waals surface area contributed by atoms with Crippen LogP contribution in [-0.4, -0.2) is 11.9 Å². The molecule has 1 aromatic rings. The smallest absolute Gasteiger partial charge is 0.255 e. The second-order valence-electron chi connectivity index (χ2n) is 4.40. The van der Waals surface area contributed by atoms with Gasteiger partial charge in [0, 0.05) is 0 Å². The Morgan fingerprint density at radius 3 is 2.88 bits per heavy atom. The molecule has 17 heavy (non-hydrogen) atoms. The zero-order valence-electron chi connectivity index (χ0n) is 9.53. The van der Waals surface area contributed by atoms with Crippen molar-refractivity contribution in [2.75, 3.05) is 0 Å². The summed E-state index contributed by atoms with van der Waals surface area (Å²) in [6.45, 7) is 1.79. The van der Waals surface area contributed by atoms with Gasteiger partial charge in [0.2, 0.25) is 0 Å². The van der Waals surface area contributed by atoms with Crippen LogP contribution in [0.15, 0.2) is 18.2 Å². The van der Waals surface area contributed by atoms with E-state index in [-0.39, 0.29) is 11.5 Å². The highest BCUT2D eigenvalue weighted by molar-refractivity contribution is 5.95. The molecule has 0 radical (unpaired) electrons. The fourth-order valence-electron chi connectivity index (χ4n) is 1.72. The van der Waals surface area contributed by atoms with Gasteiger partial charge in [-0.2, -0.15) is 5.26 Å². The number of nitriles is 1. The molecule has 3 nitrogen and oxygen atoms in total. The van der Waals surface area contributed by atoms with Crippen LogP contribution in [0.25, 0.3) is 0 Å². The van der Waals surface area contributed by atoms with Crippen molar-refractivity contribution < 1.29 is 9.18 Å². The molecule has 1 fully saturated rings. The van der Waals surface area contributed by atoms with Crippen LogP contribution < -0.4 is 5.32 Å². The molecule has 1 atom stereocenters. The van der Waals surface area contributed by atoms with E-state index in [4.69, 9.17) is 5.26 Å². The van der Waals surface area contributed by atoms with Gasteiger partial charge in [0.15, 0.2) is 0 Å². The molecular formula is C13H13FN2O. The second-order valence-corrected chi connectivity index (χ2v) is 4.40. The molecule has 0 aliphatic heterocycles. The van der Waals surface area contributed by atoms with Crippen molar-refractivity contribution >= 4 is 5.91 Å². The van der Waals surface area contributed by atoms with Gasteiger partial charge in [-0.3, -0.25) is 4.79 Å². The number of hydrogen-bond donors (Lipinski definition) is 1. The lowest BCUT2D eigenvalue weighted by Crippen LogP contribution is -2.35. The number of halogens is 1. The van der Waals surface area contributed by atoms with Crippen LogP contribution in [0.5, 0.6) is 0 Å². The SMILES string of the molecule is Cc1ccc(F)c(C(=O)NC(C#N)C2CC2)c1. The lowest BCUT2D eigenvalue weighted by atomic mass is 10.1. The number of nitrogens with zero attached hydrogens (tertiary/aromatic N) is 1. The number of amides is 1. The fourth-order valence-corrected chi connectivity index (χ4v) is 1.72. The van der Waals surface area contributed by atoms with E-state index in [1.807, 2.05) is 6.07 Å². The number of nitrogens with one attached hydrogen (secondary N) is 1. The zero-order chi connectivity index (χ0) is 12.4. The predicted octanol–water partition coefficient (Wildman–Crippen LogP) is 2.17. The molecule has 1 N–H and O–H groups in total. The van der Waals surface area contributed by atoms with Crippen molar-refractivity contribution in [3.63, 3.8) is 0 Å². The van der Waals surface area contributed by atoms with E-state index in [0.29, 0.717) is 0 Å². The van der Waals surface area contributed by atoms with Gasteiger partial charge >= 0.3 is 0 Å². The molecule has 1 unspecified atom stereocenters. The summed E-state index contributed by atoms with van der Waals surface area (Å²) < 4.78 is 13.4. The summed E-state index contributed by atoms with van der Waals surface area (Å²) in [6.07, 6.45) is 1.91. The fraction of sp³-hybridized carbons (Fsp3) is 0.385. The van der Waals surface area contributed by atoms with Gasteiger partial charge in [-0.15, -0.1) is 0 Å². The molecule has 88 valence electrons. The molecule has 2 rings (SSSR count). The average molecular weight is 232 g/mol. The molecule has 1 aliphatic rings. The summed E-state index contributed by atoms with van der Waals surface area (Å²) >= 11 is 0. The first kappa shape index (κ1) is 11.6. The quantitative estimate of drug-likeness (QED) is 0.868. The van der Waals surface area contributed by atoms with Crippen LogP contribution in [0, 0.1) is 30.0 Å². The first-order chi connectivity index (χ1) is 8.11. The molecule has 1 aromatic carbocycles. The van der Waals surface area contributed by atoms with Crippen molar-refractivity contribution in [3.05, 3.63) is 35.1 Å². The van der Waals surface area contributed by atoms with E-state index >= 15 is 0 Å². The van der Waals surface area contributed by atoms with Crippen LogP contribution in [0.3, 0.4) is 0 Å².